The van der Waals surface area contributed by atoms with Gasteiger partial charge in [-0.05, 0) is 47.5 Å². The Hall–Kier alpha value is -4.18. The minimum atomic E-state index is -0.217. The number of amides is 1. The van der Waals surface area contributed by atoms with Crippen molar-refractivity contribution in [2.75, 3.05) is 5.32 Å². The van der Waals surface area contributed by atoms with E-state index in [1.165, 1.54) is 6.21 Å². The highest BCUT2D eigenvalue weighted by Crippen LogP contribution is 2.19. The quantitative estimate of drug-likeness (QED) is 0.200. The van der Waals surface area contributed by atoms with E-state index in [1.807, 2.05) is 84.9 Å². The maximum atomic E-state index is 12.5. The van der Waals surface area contributed by atoms with Gasteiger partial charge in [0.05, 0.1) is 0 Å². The first-order chi connectivity index (χ1) is 14.7. The molecule has 1 amide bonds. The summed E-state index contributed by atoms with van der Waals surface area (Å²) in [5, 5.41) is 15.3. The summed E-state index contributed by atoms with van der Waals surface area (Å²) in [6.07, 6.45) is 1.52. The van der Waals surface area contributed by atoms with Crippen molar-refractivity contribution in [3.05, 3.63) is 126 Å². The minimum absolute atomic E-state index is 0.217. The number of benzene rings is 4. The van der Waals surface area contributed by atoms with Crippen LogP contribution in [0.15, 0.2) is 109 Å². The van der Waals surface area contributed by atoms with Crippen molar-refractivity contribution in [2.24, 2.45) is 0 Å². The van der Waals surface area contributed by atoms with Gasteiger partial charge in [0.15, 0.2) is 6.21 Å². The van der Waals surface area contributed by atoms with Crippen molar-refractivity contribution in [3.63, 3.8) is 0 Å². The number of rotatable bonds is 5. The molecule has 30 heavy (non-hydrogen) atoms. The van der Waals surface area contributed by atoms with E-state index in [0.29, 0.717) is 11.3 Å². The van der Waals surface area contributed by atoms with Gasteiger partial charge in [-0.1, -0.05) is 60.7 Å². The molecule has 0 fully saturated rings. The zero-order valence-electron chi connectivity index (χ0n) is 16.2. The van der Waals surface area contributed by atoms with Gasteiger partial charge in [0.2, 0.25) is 5.69 Å². The topological polar surface area (TPSA) is 55.2 Å². The highest BCUT2D eigenvalue weighted by molar-refractivity contribution is 6.04. The molecular formula is C26H20N2O2. The maximum Gasteiger partial charge on any atom is 0.255 e. The standard InChI is InChI=1S/C26H20N2O2/c29-26(27-24-9-5-2-6-10-24)23-15-17-25(18-16-23)28(30)19-20-11-13-22(14-12-20)21-7-3-1-4-8-21/h1-19H,(H,27,29)/b28-19+. The van der Waals surface area contributed by atoms with Crippen LogP contribution >= 0.6 is 0 Å². The van der Waals surface area contributed by atoms with Gasteiger partial charge < -0.3 is 10.5 Å². The predicted molar refractivity (Wildman–Crippen MR) is 121 cm³/mol. The van der Waals surface area contributed by atoms with Crippen LogP contribution in [-0.2, 0) is 0 Å². The molecule has 0 heterocycles. The summed E-state index contributed by atoms with van der Waals surface area (Å²) in [5.74, 6) is -0.217. The van der Waals surface area contributed by atoms with Crippen LogP contribution in [0.4, 0.5) is 11.4 Å². The first-order valence-corrected chi connectivity index (χ1v) is 9.62. The van der Waals surface area contributed by atoms with Crippen molar-refractivity contribution in [3.8, 4) is 11.1 Å². The molecule has 0 aromatic heterocycles. The van der Waals surface area contributed by atoms with Crippen molar-refractivity contribution in [1.82, 2.24) is 0 Å². The van der Waals surface area contributed by atoms with Gasteiger partial charge >= 0.3 is 0 Å². The fourth-order valence-electron chi connectivity index (χ4n) is 3.09. The number of para-hydroxylation sites is 1. The number of carbonyl (C=O) groups is 1. The molecular weight excluding hydrogens is 372 g/mol. The lowest BCUT2D eigenvalue weighted by Crippen LogP contribution is -2.11. The van der Waals surface area contributed by atoms with E-state index in [0.717, 1.165) is 27.1 Å². The van der Waals surface area contributed by atoms with Crippen molar-refractivity contribution < 1.29 is 9.53 Å². The zero-order valence-corrected chi connectivity index (χ0v) is 16.2. The van der Waals surface area contributed by atoms with Crippen LogP contribution in [0, 0.1) is 5.21 Å². The molecule has 4 aromatic rings. The highest BCUT2D eigenvalue weighted by Gasteiger charge is 2.08. The van der Waals surface area contributed by atoms with Crippen LogP contribution < -0.4 is 5.32 Å². The minimum Gasteiger partial charge on any atom is -0.618 e. The van der Waals surface area contributed by atoms with Crippen molar-refractivity contribution in [1.29, 1.82) is 0 Å². The molecule has 0 aliphatic rings. The third-order valence-corrected chi connectivity index (χ3v) is 4.70. The molecule has 0 saturated carbocycles. The lowest BCUT2D eigenvalue weighted by molar-refractivity contribution is -0.354. The predicted octanol–water partition coefficient (Wildman–Crippen LogP) is 5.87. The summed E-state index contributed by atoms with van der Waals surface area (Å²) in [5.41, 5.74) is 4.70. The van der Waals surface area contributed by atoms with Gasteiger partial charge in [-0.25, -0.2) is 0 Å². The van der Waals surface area contributed by atoms with Crippen LogP contribution in [0.1, 0.15) is 15.9 Å². The van der Waals surface area contributed by atoms with Crippen molar-refractivity contribution >= 4 is 23.5 Å². The monoisotopic (exact) mass is 392 g/mol. The number of anilines is 1. The van der Waals surface area contributed by atoms with Gasteiger partial charge in [0.1, 0.15) is 0 Å². The summed E-state index contributed by atoms with van der Waals surface area (Å²) in [6.45, 7) is 0. The van der Waals surface area contributed by atoms with E-state index < -0.39 is 0 Å². The Labute approximate surface area is 175 Å². The summed E-state index contributed by atoms with van der Waals surface area (Å²) in [7, 11) is 0. The summed E-state index contributed by atoms with van der Waals surface area (Å²) in [6, 6.07) is 33.7. The second kappa shape index (κ2) is 8.88. The van der Waals surface area contributed by atoms with Crippen LogP contribution in [-0.4, -0.2) is 16.9 Å². The molecule has 0 bridgehead atoms. The fraction of sp³-hybridized carbons (Fsp3) is 0. The van der Waals surface area contributed by atoms with Crippen molar-refractivity contribution in [2.45, 2.75) is 0 Å². The molecule has 0 saturated heterocycles. The molecule has 146 valence electrons. The molecule has 0 aliphatic heterocycles. The van der Waals surface area contributed by atoms with E-state index in [9.17, 15) is 10.0 Å². The summed E-state index contributed by atoms with van der Waals surface area (Å²) < 4.78 is 0.802. The largest absolute Gasteiger partial charge is 0.618 e. The van der Waals surface area contributed by atoms with E-state index in [2.05, 4.69) is 5.32 Å². The third-order valence-electron chi connectivity index (χ3n) is 4.70. The van der Waals surface area contributed by atoms with E-state index in [1.54, 1.807) is 24.3 Å². The van der Waals surface area contributed by atoms with Crippen LogP contribution in [0.5, 0.6) is 0 Å². The van der Waals surface area contributed by atoms with Gasteiger partial charge in [-0.3, -0.25) is 4.79 Å². The van der Waals surface area contributed by atoms with Gasteiger partial charge in [-0.15, -0.1) is 0 Å². The third kappa shape index (κ3) is 4.62. The summed E-state index contributed by atoms with van der Waals surface area (Å²) in [4.78, 5) is 12.3. The van der Waals surface area contributed by atoms with E-state index in [-0.39, 0.29) is 5.91 Å². The Morgan fingerprint density at radius 2 is 1.27 bits per heavy atom. The van der Waals surface area contributed by atoms with Crippen LogP contribution in [0.2, 0.25) is 0 Å². The lowest BCUT2D eigenvalue weighted by atomic mass is 10.0. The normalized spacial score (nSPS) is 11.1. The molecule has 1 N–H and O–H groups in total. The number of hydrogen-bond acceptors (Lipinski definition) is 2. The Morgan fingerprint density at radius 3 is 1.90 bits per heavy atom. The average Bonchev–Trinajstić information content (AvgIpc) is 2.81. The van der Waals surface area contributed by atoms with E-state index >= 15 is 0 Å². The SMILES string of the molecule is O=C(Nc1ccccc1)c1ccc(/[N+]([O-])=C\c2ccc(-c3ccccc3)cc2)cc1. The first-order valence-electron chi connectivity index (χ1n) is 9.62. The lowest BCUT2D eigenvalue weighted by Gasteiger charge is -2.07. The number of carbonyl (C=O) groups excluding carboxylic acids is 1. The molecule has 4 rings (SSSR count). The van der Waals surface area contributed by atoms with Crippen LogP contribution in [0.25, 0.3) is 11.1 Å². The second-order valence-electron chi connectivity index (χ2n) is 6.81. The highest BCUT2D eigenvalue weighted by atomic mass is 16.5. The molecule has 0 atom stereocenters. The first kappa shape index (κ1) is 19.2. The molecule has 0 unspecified atom stereocenters. The van der Waals surface area contributed by atoms with Gasteiger partial charge in [0, 0.05) is 28.9 Å². The zero-order chi connectivity index (χ0) is 20.8. The smallest absolute Gasteiger partial charge is 0.255 e. The molecule has 4 heteroatoms. The molecule has 4 aromatic carbocycles. The Kier molecular flexibility index (Phi) is 5.67. The van der Waals surface area contributed by atoms with Crippen LogP contribution in [0.3, 0.4) is 0 Å². The molecule has 0 aliphatic carbocycles. The number of nitrogens with zero attached hydrogens (tertiary/aromatic N) is 1. The number of nitrogens with one attached hydrogen (secondary N) is 1. The molecule has 4 nitrogen and oxygen atoms in total. The number of hydrogen-bond donors (Lipinski definition) is 1. The molecule has 0 radical (unpaired) electrons. The second-order valence-corrected chi connectivity index (χ2v) is 6.81. The fourth-order valence-corrected chi connectivity index (χ4v) is 3.09. The Morgan fingerprint density at radius 1 is 0.700 bits per heavy atom. The van der Waals surface area contributed by atoms with Gasteiger partial charge in [0.25, 0.3) is 5.91 Å². The Balaban J connectivity index is 1.46. The average molecular weight is 392 g/mol. The molecule has 0 spiro atoms. The van der Waals surface area contributed by atoms with E-state index in [4.69, 9.17) is 0 Å². The summed E-state index contributed by atoms with van der Waals surface area (Å²) >= 11 is 0. The Bertz CT molecular complexity index is 1150. The van der Waals surface area contributed by atoms with Gasteiger partial charge in [-0.2, -0.15) is 4.74 Å². The maximum absolute atomic E-state index is 12.5.